The van der Waals surface area contributed by atoms with Gasteiger partial charge in [-0.25, -0.2) is 0 Å². The molecule has 0 saturated carbocycles. The number of benzene rings is 1. The van der Waals surface area contributed by atoms with Crippen molar-refractivity contribution in [2.24, 2.45) is 0 Å². The molecule has 1 aromatic carbocycles. The zero-order chi connectivity index (χ0) is 16.4. The van der Waals surface area contributed by atoms with Gasteiger partial charge in [0, 0.05) is 13.1 Å². The molecule has 0 radical (unpaired) electrons. The lowest BCUT2D eigenvalue weighted by atomic mass is 10.1. The van der Waals surface area contributed by atoms with E-state index in [1.165, 1.54) is 18.4 Å². The van der Waals surface area contributed by atoms with Crippen molar-refractivity contribution in [3.63, 3.8) is 0 Å². The van der Waals surface area contributed by atoms with Crippen molar-refractivity contribution < 1.29 is 22.4 Å². The number of furan rings is 1. The molecule has 1 N–H and O–H groups in total. The molecule has 0 atom stereocenters. The third kappa shape index (κ3) is 3.33. The molecular weight excluding hydrogens is 309 g/mol. The van der Waals surface area contributed by atoms with Gasteiger partial charge >= 0.3 is 6.18 Å². The van der Waals surface area contributed by atoms with Crippen molar-refractivity contribution in [2.75, 3.05) is 23.3 Å². The highest BCUT2D eigenvalue weighted by atomic mass is 19.4. The van der Waals surface area contributed by atoms with Crippen LogP contribution in [-0.4, -0.2) is 19.0 Å². The summed E-state index contributed by atoms with van der Waals surface area (Å²) in [6.07, 6.45) is -1.17. The molecule has 0 spiro atoms. The van der Waals surface area contributed by atoms with E-state index in [1.807, 2.05) is 4.90 Å². The molecule has 0 unspecified atom stereocenters. The molecule has 1 fully saturated rings. The zero-order valence-corrected chi connectivity index (χ0v) is 12.2. The summed E-state index contributed by atoms with van der Waals surface area (Å²) in [7, 11) is 0. The van der Waals surface area contributed by atoms with Crippen LogP contribution >= 0.6 is 0 Å². The number of amides is 1. The fourth-order valence-electron chi connectivity index (χ4n) is 2.64. The summed E-state index contributed by atoms with van der Waals surface area (Å²) in [6, 6.07) is 6.41. The number of alkyl halides is 3. The lowest BCUT2D eigenvalue weighted by molar-refractivity contribution is -0.137. The lowest BCUT2D eigenvalue weighted by Crippen LogP contribution is -2.21. The number of halogens is 3. The van der Waals surface area contributed by atoms with Gasteiger partial charge in [-0.3, -0.25) is 4.79 Å². The van der Waals surface area contributed by atoms with Gasteiger partial charge in [-0.1, -0.05) is 0 Å². The number of carbonyl (C=O) groups excluding carboxylic acids is 1. The zero-order valence-electron chi connectivity index (χ0n) is 12.2. The molecule has 23 heavy (non-hydrogen) atoms. The Morgan fingerprint density at radius 3 is 2.52 bits per heavy atom. The Hall–Kier alpha value is -2.44. The fourth-order valence-corrected chi connectivity index (χ4v) is 2.64. The van der Waals surface area contributed by atoms with Crippen molar-refractivity contribution >= 4 is 17.3 Å². The summed E-state index contributed by atoms with van der Waals surface area (Å²) in [6.45, 7) is 1.52. The third-order valence-corrected chi connectivity index (χ3v) is 3.76. The minimum atomic E-state index is -4.46. The Kier molecular flexibility index (Phi) is 4.02. The minimum Gasteiger partial charge on any atom is -0.459 e. The van der Waals surface area contributed by atoms with Gasteiger partial charge < -0.3 is 14.6 Å². The van der Waals surface area contributed by atoms with Crippen molar-refractivity contribution in [3.05, 3.63) is 47.9 Å². The van der Waals surface area contributed by atoms with E-state index in [-0.39, 0.29) is 11.4 Å². The number of nitrogens with zero attached hydrogens (tertiary/aromatic N) is 1. The van der Waals surface area contributed by atoms with E-state index in [0.717, 1.165) is 38.1 Å². The smallest absolute Gasteiger partial charge is 0.416 e. The van der Waals surface area contributed by atoms with Crippen LogP contribution < -0.4 is 10.2 Å². The molecular formula is C16H15F3N2O2. The number of rotatable bonds is 3. The van der Waals surface area contributed by atoms with Crippen LogP contribution in [0.2, 0.25) is 0 Å². The number of carbonyl (C=O) groups is 1. The average molecular weight is 324 g/mol. The predicted octanol–water partition coefficient (Wildman–Crippen LogP) is 4.15. The molecule has 1 saturated heterocycles. The Morgan fingerprint density at radius 1 is 1.17 bits per heavy atom. The first-order chi connectivity index (χ1) is 10.9. The summed E-state index contributed by atoms with van der Waals surface area (Å²) in [5.41, 5.74) is -0.0614. The fraction of sp³-hybridized carbons (Fsp3) is 0.312. The molecule has 0 bridgehead atoms. The van der Waals surface area contributed by atoms with E-state index in [1.54, 1.807) is 6.07 Å². The van der Waals surface area contributed by atoms with Crippen molar-refractivity contribution in [1.29, 1.82) is 0 Å². The van der Waals surface area contributed by atoms with Crippen LogP contribution in [0.1, 0.15) is 29.0 Å². The second-order valence-electron chi connectivity index (χ2n) is 5.36. The van der Waals surface area contributed by atoms with Crippen molar-refractivity contribution in [1.82, 2.24) is 0 Å². The molecule has 122 valence electrons. The highest BCUT2D eigenvalue weighted by Crippen LogP contribution is 2.36. The molecule has 1 aliphatic rings. The highest BCUT2D eigenvalue weighted by molar-refractivity contribution is 6.04. The molecule has 2 heterocycles. The molecule has 0 aliphatic carbocycles. The topological polar surface area (TPSA) is 45.5 Å². The van der Waals surface area contributed by atoms with Crippen LogP contribution in [0.3, 0.4) is 0 Å². The van der Waals surface area contributed by atoms with E-state index in [0.29, 0.717) is 5.69 Å². The Labute approximate surface area is 130 Å². The van der Waals surface area contributed by atoms with E-state index in [2.05, 4.69) is 5.32 Å². The van der Waals surface area contributed by atoms with E-state index < -0.39 is 17.6 Å². The maximum atomic E-state index is 12.9. The van der Waals surface area contributed by atoms with Gasteiger partial charge in [0.25, 0.3) is 5.91 Å². The van der Waals surface area contributed by atoms with Crippen LogP contribution in [0, 0.1) is 0 Å². The van der Waals surface area contributed by atoms with Gasteiger partial charge in [-0.05, 0) is 43.2 Å². The first-order valence-corrected chi connectivity index (χ1v) is 7.26. The number of nitrogens with one attached hydrogen (secondary N) is 1. The first-order valence-electron chi connectivity index (χ1n) is 7.26. The Bertz CT molecular complexity index is 690. The molecule has 3 rings (SSSR count). The maximum absolute atomic E-state index is 12.9. The molecule has 2 aromatic rings. The van der Waals surface area contributed by atoms with Gasteiger partial charge in [0.2, 0.25) is 0 Å². The summed E-state index contributed by atoms with van der Waals surface area (Å²) < 4.78 is 43.8. The normalized spacial score (nSPS) is 15.0. The number of hydrogen-bond acceptors (Lipinski definition) is 3. The molecule has 1 aliphatic heterocycles. The number of anilines is 2. The van der Waals surface area contributed by atoms with Gasteiger partial charge in [0.05, 0.1) is 23.2 Å². The van der Waals surface area contributed by atoms with Gasteiger partial charge in [-0.2, -0.15) is 13.2 Å². The number of hydrogen-bond donors (Lipinski definition) is 1. The van der Waals surface area contributed by atoms with E-state index >= 15 is 0 Å². The molecule has 1 amide bonds. The lowest BCUT2D eigenvalue weighted by Gasteiger charge is -2.22. The highest BCUT2D eigenvalue weighted by Gasteiger charge is 2.32. The maximum Gasteiger partial charge on any atom is 0.416 e. The minimum absolute atomic E-state index is 0.0507. The Balaban J connectivity index is 1.94. The predicted molar refractivity (Wildman–Crippen MR) is 79.6 cm³/mol. The van der Waals surface area contributed by atoms with Crippen molar-refractivity contribution in [3.8, 4) is 0 Å². The molecule has 1 aromatic heterocycles. The van der Waals surface area contributed by atoms with Crippen LogP contribution in [-0.2, 0) is 6.18 Å². The van der Waals surface area contributed by atoms with Crippen LogP contribution in [0.5, 0.6) is 0 Å². The first kappa shape index (κ1) is 15.5. The summed E-state index contributed by atoms with van der Waals surface area (Å²) in [4.78, 5) is 14.1. The van der Waals surface area contributed by atoms with E-state index in [4.69, 9.17) is 4.42 Å². The van der Waals surface area contributed by atoms with Crippen LogP contribution in [0.4, 0.5) is 24.5 Å². The van der Waals surface area contributed by atoms with Crippen LogP contribution in [0.15, 0.2) is 41.0 Å². The monoisotopic (exact) mass is 324 g/mol. The summed E-state index contributed by atoms with van der Waals surface area (Å²) in [5.74, 6) is -0.524. The van der Waals surface area contributed by atoms with E-state index in [9.17, 15) is 18.0 Å². The van der Waals surface area contributed by atoms with Gasteiger partial charge in [-0.15, -0.1) is 0 Å². The third-order valence-electron chi connectivity index (χ3n) is 3.76. The SMILES string of the molecule is O=C(Nc1cc(C(F)(F)F)ccc1N1CCCC1)c1ccco1. The average Bonchev–Trinajstić information content (AvgIpc) is 3.20. The van der Waals surface area contributed by atoms with Crippen molar-refractivity contribution in [2.45, 2.75) is 19.0 Å². The Morgan fingerprint density at radius 2 is 1.91 bits per heavy atom. The standard InChI is InChI=1S/C16H15F3N2O2/c17-16(18,19)11-5-6-13(21-7-1-2-8-21)12(10-11)20-15(22)14-4-3-9-23-14/h3-6,9-10H,1-2,7-8H2,(H,20,22). The second-order valence-corrected chi connectivity index (χ2v) is 5.36. The summed E-state index contributed by atoms with van der Waals surface area (Å²) >= 11 is 0. The molecule has 4 nitrogen and oxygen atoms in total. The second kappa shape index (κ2) is 5.98. The summed E-state index contributed by atoms with van der Waals surface area (Å²) in [5, 5.41) is 2.53. The largest absolute Gasteiger partial charge is 0.459 e. The molecule has 7 heteroatoms. The van der Waals surface area contributed by atoms with Gasteiger partial charge in [0.1, 0.15) is 0 Å². The van der Waals surface area contributed by atoms with Gasteiger partial charge in [0.15, 0.2) is 5.76 Å². The quantitative estimate of drug-likeness (QED) is 0.922. The van der Waals surface area contributed by atoms with Crippen LogP contribution in [0.25, 0.3) is 0 Å².